The first kappa shape index (κ1) is 22.9. The van der Waals surface area contributed by atoms with Crippen molar-refractivity contribution in [2.75, 3.05) is 42.8 Å². The molecule has 2 aromatic heterocycles. The lowest BCUT2D eigenvalue weighted by Crippen LogP contribution is -2.48. The maximum Gasteiger partial charge on any atom is 0.263 e. The molecule has 0 spiro atoms. The normalized spacial score (nSPS) is 21.9. The Kier molecular flexibility index (Phi) is 5.77. The molecule has 0 radical (unpaired) electrons. The van der Waals surface area contributed by atoms with Crippen molar-refractivity contribution < 1.29 is 14.3 Å². The summed E-state index contributed by atoms with van der Waals surface area (Å²) in [5, 5.41) is 5.05. The van der Waals surface area contributed by atoms with Gasteiger partial charge in [0, 0.05) is 53.5 Å². The summed E-state index contributed by atoms with van der Waals surface area (Å²) in [6.07, 6.45) is 3.54. The van der Waals surface area contributed by atoms with Gasteiger partial charge in [0.15, 0.2) is 5.13 Å². The second-order valence-corrected chi connectivity index (χ2v) is 12.1. The Morgan fingerprint density at radius 3 is 3.03 bits per heavy atom. The van der Waals surface area contributed by atoms with E-state index in [0.717, 1.165) is 75.3 Å². The molecule has 3 aliphatic rings. The van der Waals surface area contributed by atoms with Gasteiger partial charge in [-0.1, -0.05) is 11.3 Å². The number of anilines is 1. The number of carbonyl (C=O) groups is 2. The Balaban J connectivity index is 1.27. The molecule has 10 heteroatoms. The number of ether oxygens (including phenoxy) is 1. The fraction of sp³-hybridized carbons (Fsp3) is 0.480. The fourth-order valence-electron chi connectivity index (χ4n) is 5.15. The van der Waals surface area contributed by atoms with Crippen molar-refractivity contribution in [1.29, 1.82) is 0 Å². The molecule has 1 atom stereocenters. The molecule has 0 aliphatic carbocycles. The number of thiazole rings is 1. The van der Waals surface area contributed by atoms with Gasteiger partial charge in [-0.05, 0) is 44.0 Å². The number of carbonyl (C=O) groups excluding carboxylic acids is 2. The second kappa shape index (κ2) is 8.83. The number of hydrogen-bond donors (Lipinski definition) is 2. The van der Waals surface area contributed by atoms with E-state index in [1.807, 2.05) is 43.1 Å². The Morgan fingerprint density at radius 1 is 1.31 bits per heavy atom. The van der Waals surface area contributed by atoms with Crippen LogP contribution in [0.5, 0.6) is 0 Å². The van der Waals surface area contributed by atoms with Crippen molar-refractivity contribution >= 4 is 50.9 Å². The number of rotatable bonds is 4. The molecule has 3 aromatic rings. The molecular formula is C25H29N5O3S2. The van der Waals surface area contributed by atoms with Crippen molar-refractivity contribution in [3.05, 3.63) is 46.1 Å². The maximum absolute atomic E-state index is 13.0. The van der Waals surface area contributed by atoms with E-state index < -0.39 is 0 Å². The standard InChI is InChI=1S/C25H29N5O3S2/c1-25(2)11-20-21(22(31)28-25)35-24(27-20)30-5-7-33-13-17(30)9-16-12-26-19-4-3-15(10-18(16)19)23(32)29-6-8-34-14-29/h3-4,10,12,17,26H,5-9,11,13-14H2,1-2H3,(H,28,31)/t17-/m0/s1. The van der Waals surface area contributed by atoms with Gasteiger partial charge in [0.1, 0.15) is 4.88 Å². The summed E-state index contributed by atoms with van der Waals surface area (Å²) in [7, 11) is 0. The molecule has 0 unspecified atom stereocenters. The van der Waals surface area contributed by atoms with Gasteiger partial charge in [-0.15, -0.1) is 11.8 Å². The van der Waals surface area contributed by atoms with E-state index in [1.54, 1.807) is 11.8 Å². The lowest BCUT2D eigenvalue weighted by atomic mass is 9.94. The molecule has 5 heterocycles. The summed E-state index contributed by atoms with van der Waals surface area (Å²) in [6.45, 7) is 6.84. The van der Waals surface area contributed by atoms with Gasteiger partial charge in [-0.2, -0.15) is 0 Å². The molecule has 2 fully saturated rings. The van der Waals surface area contributed by atoms with Crippen LogP contribution in [-0.2, 0) is 17.6 Å². The zero-order valence-electron chi connectivity index (χ0n) is 19.9. The molecule has 8 nitrogen and oxygen atoms in total. The number of nitrogens with zero attached hydrogens (tertiary/aromatic N) is 3. The number of nitrogens with one attached hydrogen (secondary N) is 2. The van der Waals surface area contributed by atoms with Crippen LogP contribution in [0.25, 0.3) is 10.9 Å². The minimum Gasteiger partial charge on any atom is -0.377 e. The van der Waals surface area contributed by atoms with E-state index in [2.05, 4.69) is 15.2 Å². The van der Waals surface area contributed by atoms with Crippen molar-refractivity contribution in [2.45, 2.75) is 38.3 Å². The summed E-state index contributed by atoms with van der Waals surface area (Å²) < 4.78 is 5.86. The monoisotopic (exact) mass is 511 g/mol. The Hall–Kier alpha value is -2.56. The van der Waals surface area contributed by atoms with Crippen LogP contribution < -0.4 is 10.2 Å². The number of aromatic amines is 1. The van der Waals surface area contributed by atoms with Crippen LogP contribution in [0.2, 0.25) is 0 Å². The second-order valence-electron chi connectivity index (χ2n) is 10.1. The van der Waals surface area contributed by atoms with Crippen LogP contribution in [0, 0.1) is 0 Å². The topological polar surface area (TPSA) is 90.6 Å². The summed E-state index contributed by atoms with van der Waals surface area (Å²) in [6, 6.07) is 6.03. The van der Waals surface area contributed by atoms with Crippen LogP contribution in [0.15, 0.2) is 24.4 Å². The largest absolute Gasteiger partial charge is 0.377 e. The molecule has 1 aromatic carbocycles. The molecule has 2 amide bonds. The Bertz CT molecular complexity index is 1290. The van der Waals surface area contributed by atoms with Gasteiger partial charge in [0.2, 0.25) is 0 Å². The number of benzene rings is 1. The summed E-state index contributed by atoms with van der Waals surface area (Å²) in [5.74, 6) is 1.83. The van der Waals surface area contributed by atoms with E-state index in [0.29, 0.717) is 13.2 Å². The van der Waals surface area contributed by atoms with Gasteiger partial charge < -0.3 is 24.8 Å². The number of thioether (sulfide) groups is 1. The van der Waals surface area contributed by atoms with Gasteiger partial charge in [-0.25, -0.2) is 4.98 Å². The summed E-state index contributed by atoms with van der Waals surface area (Å²) in [5.41, 5.74) is 3.52. The summed E-state index contributed by atoms with van der Waals surface area (Å²) >= 11 is 3.27. The van der Waals surface area contributed by atoms with Crippen molar-refractivity contribution in [3.63, 3.8) is 0 Å². The SMILES string of the molecule is CC1(C)Cc2nc(N3CCOC[C@@H]3Cc3c[nH]c4ccc(C(=O)N5CCSC5)cc34)sc2C(=O)N1. The number of morpholine rings is 1. The highest BCUT2D eigenvalue weighted by atomic mass is 32.2. The molecule has 6 rings (SSSR count). The lowest BCUT2D eigenvalue weighted by molar-refractivity contribution is 0.0802. The van der Waals surface area contributed by atoms with Crippen molar-refractivity contribution in [2.24, 2.45) is 0 Å². The van der Waals surface area contributed by atoms with Gasteiger partial charge in [-0.3, -0.25) is 9.59 Å². The van der Waals surface area contributed by atoms with Crippen LogP contribution in [0.3, 0.4) is 0 Å². The minimum absolute atomic E-state index is 0.0324. The third-order valence-electron chi connectivity index (χ3n) is 6.94. The predicted octanol–water partition coefficient (Wildman–Crippen LogP) is 3.28. The molecule has 0 bridgehead atoms. The highest BCUT2D eigenvalue weighted by Gasteiger charge is 2.35. The van der Waals surface area contributed by atoms with Crippen LogP contribution in [0.1, 0.15) is 45.1 Å². The van der Waals surface area contributed by atoms with Crippen LogP contribution in [-0.4, -0.2) is 76.2 Å². The van der Waals surface area contributed by atoms with E-state index >= 15 is 0 Å². The molecule has 0 saturated carbocycles. The van der Waals surface area contributed by atoms with E-state index in [1.165, 1.54) is 11.3 Å². The lowest BCUT2D eigenvalue weighted by Gasteiger charge is -2.35. The molecule has 2 saturated heterocycles. The minimum atomic E-state index is -0.285. The number of hydrogen-bond acceptors (Lipinski definition) is 7. The molecular weight excluding hydrogens is 482 g/mol. The zero-order chi connectivity index (χ0) is 24.2. The molecule has 2 N–H and O–H groups in total. The molecule has 35 heavy (non-hydrogen) atoms. The first-order valence-electron chi connectivity index (χ1n) is 12.0. The summed E-state index contributed by atoms with van der Waals surface area (Å²) in [4.78, 5) is 38.8. The highest BCUT2D eigenvalue weighted by Crippen LogP contribution is 2.34. The average molecular weight is 512 g/mol. The van der Waals surface area contributed by atoms with E-state index in [4.69, 9.17) is 9.72 Å². The van der Waals surface area contributed by atoms with Gasteiger partial charge in [0.25, 0.3) is 11.8 Å². The average Bonchev–Trinajstić information content (AvgIpc) is 3.58. The van der Waals surface area contributed by atoms with Crippen LogP contribution in [0.4, 0.5) is 5.13 Å². The quantitative estimate of drug-likeness (QED) is 0.559. The number of aromatic nitrogens is 2. The predicted molar refractivity (Wildman–Crippen MR) is 140 cm³/mol. The third-order valence-corrected chi connectivity index (χ3v) is 9.04. The van der Waals surface area contributed by atoms with E-state index in [9.17, 15) is 9.59 Å². The van der Waals surface area contributed by atoms with Gasteiger partial charge >= 0.3 is 0 Å². The number of H-pyrrole nitrogens is 1. The van der Waals surface area contributed by atoms with Crippen molar-refractivity contribution in [3.8, 4) is 0 Å². The number of fused-ring (bicyclic) bond motifs is 2. The Morgan fingerprint density at radius 2 is 2.20 bits per heavy atom. The third kappa shape index (κ3) is 4.32. The smallest absolute Gasteiger partial charge is 0.263 e. The molecule has 3 aliphatic heterocycles. The van der Waals surface area contributed by atoms with E-state index in [-0.39, 0.29) is 23.4 Å². The van der Waals surface area contributed by atoms with Crippen LogP contribution >= 0.6 is 23.1 Å². The zero-order valence-corrected chi connectivity index (χ0v) is 21.6. The van der Waals surface area contributed by atoms with Gasteiger partial charge in [0.05, 0.1) is 30.8 Å². The first-order chi connectivity index (χ1) is 16.9. The number of amides is 2. The molecule has 184 valence electrons. The van der Waals surface area contributed by atoms with Crippen molar-refractivity contribution in [1.82, 2.24) is 20.2 Å². The fourth-order valence-corrected chi connectivity index (χ4v) is 7.17. The first-order valence-corrected chi connectivity index (χ1v) is 14.0. The Labute approximate surface area is 212 Å². The highest BCUT2D eigenvalue weighted by molar-refractivity contribution is 7.99. The maximum atomic E-state index is 13.0.